The lowest BCUT2D eigenvalue weighted by Gasteiger charge is -2.60. The number of rotatable bonds is 2. The first-order chi connectivity index (χ1) is 14.5. The molecular weight excluding hydrogens is 382 g/mol. The lowest BCUT2D eigenvalue weighted by molar-refractivity contribution is -0.574. The normalized spacial score (nSPS) is 45.0. The minimum absolute atomic E-state index is 0.191. The summed E-state index contributed by atoms with van der Waals surface area (Å²) in [5.74, 6) is 0.621. The van der Waals surface area contributed by atoms with Crippen molar-refractivity contribution in [2.75, 3.05) is 0 Å². The van der Waals surface area contributed by atoms with Crippen molar-refractivity contribution in [2.24, 2.45) is 23.7 Å². The number of hydrogen-bond acceptors (Lipinski definition) is 6. The van der Waals surface area contributed by atoms with Crippen LogP contribution in [0, 0.1) is 23.7 Å². The highest BCUT2D eigenvalue weighted by atomic mass is 17.3. The zero-order valence-electron chi connectivity index (χ0n) is 17.7. The lowest BCUT2D eigenvalue weighted by atomic mass is 9.58. The second kappa shape index (κ2) is 6.60. The van der Waals surface area contributed by atoms with Crippen molar-refractivity contribution in [1.82, 2.24) is 15.0 Å². The van der Waals surface area contributed by atoms with Crippen molar-refractivity contribution in [3.05, 3.63) is 36.5 Å². The Bertz CT molecular complexity index is 936. The average molecular weight is 412 g/mol. The van der Waals surface area contributed by atoms with E-state index in [-0.39, 0.29) is 18.1 Å². The third-order valence-electron chi connectivity index (χ3n) is 7.96. The maximum Gasteiger partial charge on any atom is 0.201 e. The van der Waals surface area contributed by atoms with Gasteiger partial charge in [-0.05, 0) is 38.0 Å². The molecule has 8 atom stereocenters. The van der Waals surface area contributed by atoms with Crippen molar-refractivity contribution in [2.45, 2.75) is 70.4 Å². The number of hydrogen-bond donors (Lipinski definition) is 0. The Hall–Kier alpha value is -1.80. The Kier molecular flexibility index (Phi) is 4.16. The van der Waals surface area contributed by atoms with E-state index in [1.807, 2.05) is 48.1 Å². The fraction of sp³-hybridized carbons (Fsp3) is 0.652. The Morgan fingerprint density at radius 1 is 1.03 bits per heavy atom. The van der Waals surface area contributed by atoms with E-state index in [0.717, 1.165) is 30.5 Å². The highest BCUT2D eigenvalue weighted by molar-refractivity contribution is 5.57. The molecule has 1 aromatic heterocycles. The summed E-state index contributed by atoms with van der Waals surface area (Å²) >= 11 is 0. The molecule has 0 amide bonds. The van der Waals surface area contributed by atoms with E-state index in [1.54, 1.807) is 0 Å². The topological polar surface area (TPSA) is 67.6 Å². The van der Waals surface area contributed by atoms with Gasteiger partial charge in [0.05, 0.1) is 6.20 Å². The van der Waals surface area contributed by atoms with Gasteiger partial charge in [0.25, 0.3) is 0 Å². The first-order valence-corrected chi connectivity index (χ1v) is 11.2. The monoisotopic (exact) mass is 411 g/mol. The molecule has 0 radical (unpaired) electrons. The van der Waals surface area contributed by atoms with Gasteiger partial charge in [0, 0.05) is 23.8 Å². The largest absolute Gasteiger partial charge is 0.324 e. The van der Waals surface area contributed by atoms with Gasteiger partial charge in [-0.15, -0.1) is 5.10 Å². The molecule has 2 aromatic rings. The van der Waals surface area contributed by atoms with Crippen molar-refractivity contribution >= 4 is 0 Å². The van der Waals surface area contributed by atoms with E-state index in [0.29, 0.717) is 11.8 Å². The Labute approximate surface area is 176 Å². The molecule has 2 bridgehead atoms. The van der Waals surface area contributed by atoms with Crippen LogP contribution in [0.1, 0.15) is 52.7 Å². The first-order valence-electron chi connectivity index (χ1n) is 11.2. The zero-order chi connectivity index (χ0) is 20.5. The molecule has 0 unspecified atom stereocenters. The molecule has 1 aromatic carbocycles. The Morgan fingerprint density at radius 3 is 2.70 bits per heavy atom. The number of benzene rings is 1. The van der Waals surface area contributed by atoms with Crippen molar-refractivity contribution in [1.29, 1.82) is 0 Å². The van der Waals surface area contributed by atoms with Gasteiger partial charge in [-0.25, -0.2) is 14.5 Å². The van der Waals surface area contributed by atoms with Crippen LogP contribution in [0.25, 0.3) is 11.3 Å². The maximum atomic E-state index is 6.63. The number of fused-ring (bicyclic) bond motifs is 2. The fourth-order valence-electron chi connectivity index (χ4n) is 6.33. The van der Waals surface area contributed by atoms with Crippen LogP contribution < -0.4 is 0 Å². The third-order valence-corrected chi connectivity index (χ3v) is 7.96. The van der Waals surface area contributed by atoms with Gasteiger partial charge in [-0.1, -0.05) is 49.4 Å². The Morgan fingerprint density at radius 2 is 1.87 bits per heavy atom. The molecule has 7 nitrogen and oxygen atoms in total. The van der Waals surface area contributed by atoms with Gasteiger partial charge >= 0.3 is 0 Å². The molecule has 160 valence electrons. The summed E-state index contributed by atoms with van der Waals surface area (Å²) in [6.07, 6.45) is 5.36. The van der Waals surface area contributed by atoms with Crippen LogP contribution in [0.3, 0.4) is 0 Å². The quantitative estimate of drug-likeness (QED) is 0.686. The van der Waals surface area contributed by atoms with E-state index in [2.05, 4.69) is 24.2 Å². The standard InChI is InChI=1S/C23H29N3O4/c1-14-9-10-18-15(2)20(26-13-19(24-25-26)16-7-5-4-6-8-16)27-21-23(18)17(14)11-12-22(3,28-21)29-30-23/h4-8,13-15,17-18,20-21H,9-12H2,1-3H3/t14-,15+,17+,18+,20+,21-,22+,23-/m1/s1. The van der Waals surface area contributed by atoms with E-state index in [9.17, 15) is 0 Å². The minimum Gasteiger partial charge on any atom is -0.324 e. The number of ether oxygens (including phenoxy) is 2. The zero-order valence-corrected chi connectivity index (χ0v) is 17.7. The summed E-state index contributed by atoms with van der Waals surface area (Å²) in [7, 11) is 0. The molecule has 7 rings (SSSR count). The smallest absolute Gasteiger partial charge is 0.201 e. The maximum absolute atomic E-state index is 6.63. The Balaban J connectivity index is 1.38. The molecule has 4 saturated heterocycles. The van der Waals surface area contributed by atoms with Crippen molar-refractivity contribution in [3.63, 3.8) is 0 Å². The summed E-state index contributed by atoms with van der Waals surface area (Å²) in [6.45, 7) is 6.52. The number of aromatic nitrogens is 3. The molecule has 5 fully saturated rings. The van der Waals surface area contributed by atoms with Crippen LogP contribution in [0.2, 0.25) is 0 Å². The predicted octanol–water partition coefficient (Wildman–Crippen LogP) is 4.33. The molecule has 1 aliphatic carbocycles. The molecular formula is C23H29N3O4. The molecule has 1 spiro atoms. The highest BCUT2D eigenvalue weighted by Crippen LogP contribution is 2.61. The van der Waals surface area contributed by atoms with Gasteiger partial charge in [0.15, 0.2) is 18.1 Å². The van der Waals surface area contributed by atoms with Gasteiger partial charge < -0.3 is 9.47 Å². The van der Waals surface area contributed by atoms with Gasteiger partial charge in [-0.2, -0.15) is 0 Å². The van der Waals surface area contributed by atoms with Gasteiger partial charge in [0.1, 0.15) is 5.69 Å². The molecule has 7 heteroatoms. The third kappa shape index (κ3) is 2.59. The van der Waals surface area contributed by atoms with Crippen LogP contribution in [0.15, 0.2) is 36.5 Å². The van der Waals surface area contributed by atoms with E-state index in [4.69, 9.17) is 19.2 Å². The van der Waals surface area contributed by atoms with Crippen LogP contribution in [-0.4, -0.2) is 32.7 Å². The molecule has 5 heterocycles. The summed E-state index contributed by atoms with van der Waals surface area (Å²) in [5.41, 5.74) is 1.34. The van der Waals surface area contributed by atoms with E-state index < -0.39 is 17.7 Å². The highest BCUT2D eigenvalue weighted by Gasteiger charge is 2.69. The second-order valence-corrected chi connectivity index (χ2v) is 9.75. The van der Waals surface area contributed by atoms with Crippen molar-refractivity contribution < 1.29 is 19.2 Å². The lowest BCUT2D eigenvalue weighted by Crippen LogP contribution is -2.69. The summed E-state index contributed by atoms with van der Waals surface area (Å²) < 4.78 is 14.9. The van der Waals surface area contributed by atoms with E-state index >= 15 is 0 Å². The summed E-state index contributed by atoms with van der Waals surface area (Å²) in [4.78, 5) is 12.1. The van der Waals surface area contributed by atoms with E-state index in [1.165, 1.54) is 6.42 Å². The first kappa shape index (κ1) is 18.9. The average Bonchev–Trinajstić information content (AvgIpc) is 3.13. The molecule has 4 aliphatic heterocycles. The molecule has 30 heavy (non-hydrogen) atoms. The summed E-state index contributed by atoms with van der Waals surface area (Å²) in [5, 5.41) is 8.85. The SMILES string of the molecule is C[C@@H]1[C@@H](n2cc(-c3ccccc3)nn2)O[C@@H]2O[C@]3(C)CC[C@H]4[C@H](C)CC[C@@H]1[C@@]24OO3. The molecule has 5 aliphatic rings. The summed E-state index contributed by atoms with van der Waals surface area (Å²) in [6, 6.07) is 10.1. The van der Waals surface area contributed by atoms with Crippen LogP contribution in [-0.2, 0) is 19.2 Å². The fourth-order valence-corrected chi connectivity index (χ4v) is 6.33. The van der Waals surface area contributed by atoms with Crippen LogP contribution in [0.4, 0.5) is 0 Å². The predicted molar refractivity (Wildman–Crippen MR) is 108 cm³/mol. The second-order valence-electron chi connectivity index (χ2n) is 9.75. The number of nitrogens with zero attached hydrogens (tertiary/aromatic N) is 3. The van der Waals surface area contributed by atoms with Crippen LogP contribution >= 0.6 is 0 Å². The van der Waals surface area contributed by atoms with Crippen LogP contribution in [0.5, 0.6) is 0 Å². The van der Waals surface area contributed by atoms with Crippen molar-refractivity contribution in [3.8, 4) is 11.3 Å². The molecule has 0 N–H and O–H groups in total. The van der Waals surface area contributed by atoms with Gasteiger partial charge in [-0.3, -0.25) is 0 Å². The minimum atomic E-state index is -0.764. The molecule has 1 saturated carbocycles. The van der Waals surface area contributed by atoms with Gasteiger partial charge in [0.2, 0.25) is 5.79 Å².